The summed E-state index contributed by atoms with van der Waals surface area (Å²) < 4.78 is 1.99. The van der Waals surface area contributed by atoms with Gasteiger partial charge in [-0.1, -0.05) is 83.9 Å². The molecule has 132 valence electrons. The molecule has 0 saturated heterocycles. The van der Waals surface area contributed by atoms with Gasteiger partial charge in [0.1, 0.15) is 0 Å². The van der Waals surface area contributed by atoms with Crippen LogP contribution in [0.4, 0.5) is 0 Å². The van der Waals surface area contributed by atoms with Gasteiger partial charge in [0.25, 0.3) is 0 Å². The fraction of sp³-hybridized carbons (Fsp3) is 0. The molecule has 0 aliphatic rings. The minimum atomic E-state index is -0.0907. The minimum Gasteiger partial charge on any atom is -0.307 e. The third kappa shape index (κ3) is 3.42. The van der Waals surface area contributed by atoms with Gasteiger partial charge in [-0.05, 0) is 23.8 Å². The van der Waals surface area contributed by atoms with Crippen molar-refractivity contribution in [3.05, 3.63) is 111 Å². The van der Waals surface area contributed by atoms with Crippen LogP contribution in [0.25, 0.3) is 28.2 Å². The topological polar surface area (TPSA) is 22.0 Å². The van der Waals surface area contributed by atoms with Crippen molar-refractivity contribution in [3.63, 3.8) is 0 Å². The Balaban J connectivity index is 2.14. The molecule has 0 atom stereocenters. The maximum absolute atomic E-state index is 12.5. The van der Waals surface area contributed by atoms with Gasteiger partial charge in [0.15, 0.2) is 5.43 Å². The molecular formula is C23H15Cl2NO. The average Bonchev–Trinajstić information content (AvgIpc) is 2.69. The van der Waals surface area contributed by atoms with E-state index in [1.165, 1.54) is 0 Å². The molecule has 27 heavy (non-hydrogen) atoms. The van der Waals surface area contributed by atoms with Crippen LogP contribution in [-0.2, 0) is 0 Å². The first-order valence-corrected chi connectivity index (χ1v) is 9.23. The molecule has 4 aromatic rings. The van der Waals surface area contributed by atoms with E-state index in [4.69, 9.17) is 23.2 Å². The third-order valence-corrected chi connectivity index (χ3v) is 5.00. The first-order chi connectivity index (χ1) is 13.1. The van der Waals surface area contributed by atoms with E-state index in [1.54, 1.807) is 12.1 Å². The highest BCUT2D eigenvalue weighted by Crippen LogP contribution is 2.34. The molecule has 0 fully saturated rings. The number of nitrogens with zero attached hydrogens (tertiary/aromatic N) is 1. The Bertz CT molecular complexity index is 1170. The normalized spacial score (nSPS) is 10.7. The molecule has 0 amide bonds. The van der Waals surface area contributed by atoms with Crippen LogP contribution in [0.3, 0.4) is 0 Å². The zero-order valence-corrected chi connectivity index (χ0v) is 15.8. The van der Waals surface area contributed by atoms with Crippen LogP contribution in [0.1, 0.15) is 0 Å². The maximum atomic E-state index is 12.5. The number of hydrogen-bond acceptors (Lipinski definition) is 1. The molecular weight excluding hydrogens is 377 g/mol. The Morgan fingerprint density at radius 3 is 1.93 bits per heavy atom. The van der Waals surface area contributed by atoms with Gasteiger partial charge < -0.3 is 4.57 Å². The fourth-order valence-electron chi connectivity index (χ4n) is 3.15. The second kappa shape index (κ2) is 7.43. The lowest BCUT2D eigenvalue weighted by molar-refractivity contribution is 1.06. The second-order valence-corrected chi connectivity index (χ2v) is 6.91. The van der Waals surface area contributed by atoms with Crippen LogP contribution in [0.2, 0.25) is 10.0 Å². The summed E-state index contributed by atoms with van der Waals surface area (Å²) in [4.78, 5) is 12.5. The van der Waals surface area contributed by atoms with Crippen LogP contribution in [0.15, 0.2) is 95.8 Å². The van der Waals surface area contributed by atoms with Crippen LogP contribution in [-0.4, -0.2) is 4.57 Å². The standard InChI is InChI=1S/C23H15Cl2NO/c24-19-11-5-4-10-18(19)23-15-17(27)14-22(16-8-2-1-3-9-16)26(23)21-13-7-6-12-20(21)25/h1-15H. The Labute approximate surface area is 167 Å². The summed E-state index contributed by atoms with van der Waals surface area (Å²) in [7, 11) is 0. The van der Waals surface area contributed by atoms with E-state index >= 15 is 0 Å². The number of rotatable bonds is 3. The summed E-state index contributed by atoms with van der Waals surface area (Å²) >= 11 is 13.0. The van der Waals surface area contributed by atoms with Crippen molar-refractivity contribution < 1.29 is 0 Å². The monoisotopic (exact) mass is 391 g/mol. The van der Waals surface area contributed by atoms with Gasteiger partial charge in [0.2, 0.25) is 0 Å². The number of aromatic nitrogens is 1. The van der Waals surface area contributed by atoms with Gasteiger partial charge in [-0.25, -0.2) is 0 Å². The number of pyridine rings is 1. The van der Waals surface area contributed by atoms with E-state index in [-0.39, 0.29) is 5.43 Å². The lowest BCUT2D eigenvalue weighted by atomic mass is 10.1. The molecule has 1 aromatic heterocycles. The van der Waals surface area contributed by atoms with Gasteiger partial charge in [0.05, 0.1) is 22.1 Å². The molecule has 0 spiro atoms. The smallest absolute Gasteiger partial charge is 0.182 e. The Morgan fingerprint density at radius 2 is 1.22 bits per heavy atom. The molecule has 4 rings (SSSR count). The Kier molecular flexibility index (Phi) is 4.85. The molecule has 2 nitrogen and oxygen atoms in total. The van der Waals surface area contributed by atoms with Gasteiger partial charge in [-0.15, -0.1) is 0 Å². The van der Waals surface area contributed by atoms with Crippen molar-refractivity contribution in [2.75, 3.05) is 0 Å². The average molecular weight is 392 g/mol. The summed E-state index contributed by atoms with van der Waals surface area (Å²) in [5.41, 5.74) is 3.84. The minimum absolute atomic E-state index is 0.0907. The maximum Gasteiger partial charge on any atom is 0.182 e. The van der Waals surface area contributed by atoms with Crippen molar-refractivity contribution >= 4 is 23.2 Å². The first kappa shape index (κ1) is 17.6. The van der Waals surface area contributed by atoms with E-state index in [1.807, 2.05) is 83.4 Å². The van der Waals surface area contributed by atoms with E-state index in [0.717, 1.165) is 22.5 Å². The number of benzene rings is 3. The molecule has 0 aliphatic heterocycles. The molecule has 0 N–H and O–H groups in total. The number of halogens is 2. The van der Waals surface area contributed by atoms with Crippen LogP contribution in [0.5, 0.6) is 0 Å². The summed E-state index contributed by atoms with van der Waals surface area (Å²) in [5.74, 6) is 0. The van der Waals surface area contributed by atoms with Gasteiger partial charge >= 0.3 is 0 Å². The van der Waals surface area contributed by atoms with E-state index in [0.29, 0.717) is 15.7 Å². The second-order valence-electron chi connectivity index (χ2n) is 6.09. The van der Waals surface area contributed by atoms with Gasteiger partial charge in [-0.2, -0.15) is 0 Å². The summed E-state index contributed by atoms with van der Waals surface area (Å²) in [6.07, 6.45) is 0. The molecule has 1 heterocycles. The van der Waals surface area contributed by atoms with E-state index < -0.39 is 0 Å². The molecule has 0 unspecified atom stereocenters. The molecule has 0 bridgehead atoms. The van der Waals surface area contributed by atoms with Crippen molar-refractivity contribution in [3.8, 4) is 28.2 Å². The molecule has 0 aliphatic carbocycles. The highest BCUT2D eigenvalue weighted by atomic mass is 35.5. The lowest BCUT2D eigenvalue weighted by Gasteiger charge is -2.21. The lowest BCUT2D eigenvalue weighted by Crippen LogP contribution is -2.11. The largest absolute Gasteiger partial charge is 0.307 e. The molecule has 4 heteroatoms. The predicted octanol–water partition coefficient (Wildman–Crippen LogP) is 6.48. The Hall–Kier alpha value is -2.81. The van der Waals surface area contributed by atoms with Gasteiger partial charge in [-0.3, -0.25) is 4.79 Å². The molecule has 0 saturated carbocycles. The summed E-state index contributed by atoms with van der Waals surface area (Å²) in [5, 5.41) is 1.16. The van der Waals surface area contributed by atoms with E-state index in [9.17, 15) is 4.79 Å². The summed E-state index contributed by atoms with van der Waals surface area (Å²) in [6, 6.07) is 28.0. The van der Waals surface area contributed by atoms with Crippen molar-refractivity contribution in [2.24, 2.45) is 0 Å². The Morgan fingerprint density at radius 1 is 0.630 bits per heavy atom. The van der Waals surface area contributed by atoms with Crippen molar-refractivity contribution in [2.45, 2.75) is 0 Å². The molecule has 3 aromatic carbocycles. The third-order valence-electron chi connectivity index (χ3n) is 4.35. The van der Waals surface area contributed by atoms with E-state index in [2.05, 4.69) is 0 Å². The zero-order valence-electron chi connectivity index (χ0n) is 14.3. The summed E-state index contributed by atoms with van der Waals surface area (Å²) in [6.45, 7) is 0. The van der Waals surface area contributed by atoms with Crippen molar-refractivity contribution in [1.29, 1.82) is 0 Å². The highest BCUT2D eigenvalue weighted by Gasteiger charge is 2.16. The van der Waals surface area contributed by atoms with Gasteiger partial charge in [0, 0.05) is 22.7 Å². The fourth-order valence-corrected chi connectivity index (χ4v) is 3.60. The quantitative estimate of drug-likeness (QED) is 0.391. The van der Waals surface area contributed by atoms with Crippen LogP contribution in [0, 0.1) is 0 Å². The van der Waals surface area contributed by atoms with Crippen LogP contribution < -0.4 is 5.43 Å². The number of hydrogen-bond donors (Lipinski definition) is 0. The molecule has 0 radical (unpaired) electrons. The van der Waals surface area contributed by atoms with Crippen molar-refractivity contribution in [1.82, 2.24) is 4.57 Å². The van der Waals surface area contributed by atoms with Crippen LogP contribution >= 0.6 is 23.2 Å². The highest BCUT2D eigenvalue weighted by molar-refractivity contribution is 6.33. The zero-order chi connectivity index (χ0) is 18.8. The number of para-hydroxylation sites is 1. The SMILES string of the molecule is O=c1cc(-c2ccccc2)n(-c2ccccc2Cl)c(-c2ccccc2Cl)c1. The predicted molar refractivity (Wildman–Crippen MR) is 113 cm³/mol. The first-order valence-electron chi connectivity index (χ1n) is 8.47.